The highest BCUT2D eigenvalue weighted by Gasteiger charge is 2.25. The van der Waals surface area contributed by atoms with Crippen molar-refractivity contribution in [1.82, 2.24) is 0 Å². The second-order valence-corrected chi connectivity index (χ2v) is 8.46. The van der Waals surface area contributed by atoms with E-state index < -0.39 is 4.92 Å². The summed E-state index contributed by atoms with van der Waals surface area (Å²) in [5.41, 5.74) is 2.96. The van der Waals surface area contributed by atoms with Crippen molar-refractivity contribution in [1.29, 1.82) is 0 Å². The summed E-state index contributed by atoms with van der Waals surface area (Å²) >= 11 is 6.96. The fourth-order valence-corrected chi connectivity index (χ4v) is 5.00. The summed E-state index contributed by atoms with van der Waals surface area (Å²) < 4.78 is 5.02. The summed E-state index contributed by atoms with van der Waals surface area (Å²) in [7, 11) is 1.38. The Hall–Kier alpha value is -2.52. The number of thiocarbonyl (C=S) groups is 1. The summed E-state index contributed by atoms with van der Waals surface area (Å²) in [4.78, 5) is 24.3. The Kier molecular flexibility index (Phi) is 6.81. The van der Waals surface area contributed by atoms with E-state index in [4.69, 9.17) is 17.0 Å². The van der Waals surface area contributed by atoms with Crippen LogP contribution in [0, 0.1) is 17.0 Å². The smallest absolute Gasteiger partial charge is 0.341 e. The highest BCUT2D eigenvalue weighted by atomic mass is 32.1. The first kappa shape index (κ1) is 21.2. The Balaban J connectivity index is 1.86. The topological polar surface area (TPSA) is 93.5 Å². The van der Waals surface area contributed by atoms with Gasteiger partial charge in [-0.25, -0.2) is 4.79 Å². The van der Waals surface area contributed by atoms with Crippen molar-refractivity contribution in [3.8, 4) is 0 Å². The van der Waals surface area contributed by atoms with Gasteiger partial charge in [-0.15, -0.1) is 11.3 Å². The van der Waals surface area contributed by atoms with Crippen molar-refractivity contribution in [3.63, 3.8) is 0 Å². The number of nitrogens with zero attached hydrogens (tertiary/aromatic N) is 1. The van der Waals surface area contributed by atoms with Crippen LogP contribution in [-0.4, -0.2) is 23.1 Å². The number of carbonyl (C=O) groups is 1. The van der Waals surface area contributed by atoms with Crippen LogP contribution in [-0.2, 0) is 17.6 Å². The number of thiophene rings is 1. The minimum atomic E-state index is -0.449. The van der Waals surface area contributed by atoms with E-state index in [1.54, 1.807) is 6.07 Å². The van der Waals surface area contributed by atoms with Gasteiger partial charge in [0.05, 0.1) is 17.6 Å². The number of carbonyl (C=O) groups excluding carboxylic acids is 1. The Labute approximate surface area is 178 Å². The first-order chi connectivity index (χ1) is 13.9. The number of esters is 1. The Morgan fingerprint density at radius 2 is 1.93 bits per heavy atom. The molecule has 0 saturated carbocycles. The van der Waals surface area contributed by atoms with Crippen LogP contribution in [0.15, 0.2) is 18.2 Å². The molecule has 0 unspecified atom stereocenters. The number of anilines is 2. The van der Waals surface area contributed by atoms with Crippen LogP contribution < -0.4 is 10.6 Å². The number of rotatable bonds is 4. The fourth-order valence-electron chi connectivity index (χ4n) is 3.44. The fraction of sp³-hybridized carbons (Fsp3) is 0.400. The van der Waals surface area contributed by atoms with Crippen molar-refractivity contribution < 1.29 is 14.5 Å². The number of benzene rings is 1. The second kappa shape index (κ2) is 9.32. The van der Waals surface area contributed by atoms with Gasteiger partial charge >= 0.3 is 5.97 Å². The van der Waals surface area contributed by atoms with Gasteiger partial charge in [-0.1, -0.05) is 18.9 Å². The lowest BCUT2D eigenvalue weighted by Crippen LogP contribution is -2.21. The maximum atomic E-state index is 12.5. The molecule has 3 rings (SSSR count). The minimum Gasteiger partial charge on any atom is -0.465 e. The molecule has 154 valence electrons. The molecule has 7 nitrogen and oxygen atoms in total. The van der Waals surface area contributed by atoms with Crippen molar-refractivity contribution in [3.05, 3.63) is 49.9 Å². The van der Waals surface area contributed by atoms with Gasteiger partial charge in [-0.05, 0) is 56.0 Å². The molecule has 2 aromatic rings. The van der Waals surface area contributed by atoms with Crippen LogP contribution in [0.25, 0.3) is 0 Å². The lowest BCUT2D eigenvalue weighted by molar-refractivity contribution is -0.384. The van der Waals surface area contributed by atoms with Gasteiger partial charge < -0.3 is 15.4 Å². The molecule has 1 aromatic heterocycles. The van der Waals surface area contributed by atoms with Crippen molar-refractivity contribution in [2.24, 2.45) is 0 Å². The summed E-state index contributed by atoms with van der Waals surface area (Å²) in [6, 6.07) is 4.56. The molecule has 0 amide bonds. The predicted molar refractivity (Wildman–Crippen MR) is 119 cm³/mol. The normalized spacial score (nSPS) is 13.6. The number of nitro groups is 1. The van der Waals surface area contributed by atoms with Crippen molar-refractivity contribution in [2.45, 2.75) is 45.4 Å². The van der Waals surface area contributed by atoms with Gasteiger partial charge in [0.25, 0.3) is 5.69 Å². The molecule has 1 aliphatic rings. The molecular formula is C20H23N3O4S2. The highest BCUT2D eigenvalue weighted by molar-refractivity contribution is 7.80. The molecule has 0 saturated heterocycles. The number of ether oxygens (including phenoxy) is 1. The summed E-state index contributed by atoms with van der Waals surface area (Å²) in [5.74, 6) is -0.375. The SMILES string of the molecule is COC(=O)c1c(NC(=S)Nc2cc([N+](=O)[O-])ccc2C)sc2c1CCCCCC2. The molecule has 0 bridgehead atoms. The van der Waals surface area contributed by atoms with Gasteiger partial charge in [-0.2, -0.15) is 0 Å². The van der Waals surface area contributed by atoms with E-state index in [1.807, 2.05) is 6.92 Å². The van der Waals surface area contributed by atoms with E-state index in [-0.39, 0.29) is 16.8 Å². The van der Waals surface area contributed by atoms with E-state index in [0.29, 0.717) is 16.3 Å². The third-order valence-corrected chi connectivity index (χ3v) is 6.38. The van der Waals surface area contributed by atoms with Gasteiger partial charge in [0, 0.05) is 22.7 Å². The van der Waals surface area contributed by atoms with Crippen molar-refractivity contribution >= 4 is 51.0 Å². The minimum absolute atomic E-state index is 0.0183. The van der Waals surface area contributed by atoms with Crippen molar-refractivity contribution in [2.75, 3.05) is 17.7 Å². The molecule has 0 aliphatic heterocycles. The lowest BCUT2D eigenvalue weighted by Gasteiger charge is -2.13. The quantitative estimate of drug-likeness (QED) is 0.295. The number of nitro benzene ring substituents is 1. The number of fused-ring (bicyclic) bond motifs is 1. The van der Waals surface area contributed by atoms with Gasteiger partial charge in [0.1, 0.15) is 5.00 Å². The maximum Gasteiger partial charge on any atom is 0.341 e. The average molecular weight is 434 g/mol. The van der Waals surface area contributed by atoms with Crippen LogP contribution >= 0.6 is 23.6 Å². The van der Waals surface area contributed by atoms with Gasteiger partial charge in [-0.3, -0.25) is 10.1 Å². The molecular weight excluding hydrogens is 410 g/mol. The standard InChI is InChI=1S/C20H23N3O4S2/c1-12-9-10-13(23(25)26)11-15(12)21-20(28)22-18-17(19(24)27-2)14-7-5-3-4-6-8-16(14)29-18/h9-11H,3-8H2,1-2H3,(H2,21,22,28). The first-order valence-corrected chi connectivity index (χ1v) is 10.7. The van der Waals surface area contributed by atoms with Crippen LogP contribution in [0.1, 0.15) is 52.0 Å². The largest absolute Gasteiger partial charge is 0.465 e. The summed E-state index contributed by atoms with van der Waals surface area (Å²) in [5, 5.41) is 18.1. The molecule has 1 aromatic carbocycles. The monoisotopic (exact) mass is 433 g/mol. The maximum absolute atomic E-state index is 12.5. The average Bonchev–Trinajstić information content (AvgIpc) is 2.98. The number of hydrogen-bond acceptors (Lipinski definition) is 6. The molecule has 9 heteroatoms. The molecule has 0 radical (unpaired) electrons. The number of aryl methyl sites for hydroxylation is 2. The number of hydrogen-bond donors (Lipinski definition) is 2. The number of non-ortho nitro benzene ring substituents is 1. The zero-order chi connectivity index (χ0) is 21.0. The molecule has 0 fully saturated rings. The Morgan fingerprint density at radius 3 is 2.62 bits per heavy atom. The lowest BCUT2D eigenvalue weighted by atomic mass is 9.96. The predicted octanol–water partition coefficient (Wildman–Crippen LogP) is 5.22. The van der Waals surface area contributed by atoms with E-state index in [9.17, 15) is 14.9 Å². The van der Waals surface area contributed by atoms with Gasteiger partial charge in [0.2, 0.25) is 0 Å². The van der Waals surface area contributed by atoms with Crippen LogP contribution in [0.2, 0.25) is 0 Å². The second-order valence-electron chi connectivity index (χ2n) is 6.95. The summed E-state index contributed by atoms with van der Waals surface area (Å²) in [6.45, 7) is 1.84. The molecule has 1 heterocycles. The van der Waals surface area contributed by atoms with Crippen LogP contribution in [0.4, 0.5) is 16.4 Å². The molecule has 1 aliphatic carbocycles. The molecule has 2 N–H and O–H groups in total. The van der Waals surface area contributed by atoms with Gasteiger partial charge in [0.15, 0.2) is 5.11 Å². The van der Waals surface area contributed by atoms with Crippen LogP contribution in [0.5, 0.6) is 0 Å². The van der Waals surface area contributed by atoms with Crippen LogP contribution in [0.3, 0.4) is 0 Å². The Bertz CT molecular complexity index is 955. The number of methoxy groups -OCH3 is 1. The molecule has 0 spiro atoms. The zero-order valence-corrected chi connectivity index (χ0v) is 18.0. The summed E-state index contributed by atoms with van der Waals surface area (Å²) in [6.07, 6.45) is 6.29. The van der Waals surface area contributed by atoms with E-state index in [1.165, 1.54) is 41.9 Å². The van der Waals surface area contributed by atoms with E-state index in [2.05, 4.69) is 10.6 Å². The molecule has 29 heavy (non-hydrogen) atoms. The third kappa shape index (κ3) is 4.91. The Morgan fingerprint density at radius 1 is 1.21 bits per heavy atom. The van der Waals surface area contributed by atoms with E-state index >= 15 is 0 Å². The van der Waals surface area contributed by atoms with E-state index in [0.717, 1.165) is 43.2 Å². The molecule has 0 atom stereocenters. The zero-order valence-electron chi connectivity index (χ0n) is 16.4. The third-order valence-electron chi connectivity index (χ3n) is 4.97. The first-order valence-electron chi connectivity index (χ1n) is 9.46. The highest BCUT2D eigenvalue weighted by Crippen LogP contribution is 2.37. The number of nitrogens with one attached hydrogen (secondary N) is 2.